The number of aryl methyl sites for hydroxylation is 2. The van der Waals surface area contributed by atoms with Gasteiger partial charge in [-0.25, -0.2) is 4.99 Å². The molecule has 1 saturated heterocycles. The first-order chi connectivity index (χ1) is 17.3. The molecule has 0 saturated carbocycles. The lowest BCUT2D eigenvalue weighted by atomic mass is 9.86. The van der Waals surface area contributed by atoms with Crippen molar-refractivity contribution in [2.45, 2.75) is 71.0 Å². The van der Waals surface area contributed by atoms with Gasteiger partial charge in [0, 0.05) is 12.1 Å². The third-order valence-corrected chi connectivity index (χ3v) is 6.77. The molecule has 2 aromatic rings. The van der Waals surface area contributed by atoms with Crippen LogP contribution in [0.3, 0.4) is 0 Å². The van der Waals surface area contributed by atoms with E-state index < -0.39 is 11.7 Å². The summed E-state index contributed by atoms with van der Waals surface area (Å²) in [6.45, 7) is 8.73. The molecule has 1 heterocycles. The Hall–Kier alpha value is -3.29. The molecule has 200 valence electrons. The van der Waals surface area contributed by atoms with Gasteiger partial charge < -0.3 is 15.4 Å². The largest absolute Gasteiger partial charge is 0.483 e. The lowest BCUT2D eigenvalue weighted by Gasteiger charge is -2.25. The number of alkyl halides is 3. The van der Waals surface area contributed by atoms with Gasteiger partial charge in [-0.05, 0) is 60.8 Å². The van der Waals surface area contributed by atoms with Gasteiger partial charge in [-0.15, -0.1) is 0 Å². The fourth-order valence-corrected chi connectivity index (χ4v) is 4.65. The van der Waals surface area contributed by atoms with Crippen molar-refractivity contribution in [2.24, 2.45) is 10.7 Å². The minimum atomic E-state index is -4.50. The molecular weight excluding hydrogens is 477 g/mol. The van der Waals surface area contributed by atoms with E-state index in [1.807, 2.05) is 24.3 Å². The summed E-state index contributed by atoms with van der Waals surface area (Å²) in [6, 6.07) is 12.2. The first-order valence-corrected chi connectivity index (χ1v) is 12.5. The van der Waals surface area contributed by atoms with Gasteiger partial charge in [-0.3, -0.25) is 5.41 Å². The number of hydrogen-bond acceptors (Lipinski definition) is 3. The summed E-state index contributed by atoms with van der Waals surface area (Å²) in [6.07, 6.45) is -0.519. The first kappa shape index (κ1) is 28.3. The molecule has 1 atom stereocenters. The van der Waals surface area contributed by atoms with Crippen molar-refractivity contribution in [3.05, 3.63) is 76.4 Å². The second-order valence-corrected chi connectivity index (χ2v) is 10.4. The van der Waals surface area contributed by atoms with E-state index in [9.17, 15) is 13.2 Å². The average Bonchev–Trinajstić information content (AvgIpc) is 3.33. The predicted molar refractivity (Wildman–Crippen MR) is 144 cm³/mol. The lowest BCUT2D eigenvalue weighted by Crippen LogP contribution is -2.44. The van der Waals surface area contributed by atoms with Crippen LogP contribution in [0, 0.1) is 5.41 Å². The highest BCUT2D eigenvalue weighted by Crippen LogP contribution is 2.35. The van der Waals surface area contributed by atoms with E-state index in [-0.39, 0.29) is 29.4 Å². The maximum absolute atomic E-state index is 14.1. The molecule has 8 heteroatoms. The van der Waals surface area contributed by atoms with Crippen molar-refractivity contribution < 1.29 is 17.9 Å². The van der Waals surface area contributed by atoms with Gasteiger partial charge in [0.1, 0.15) is 6.04 Å². The van der Waals surface area contributed by atoms with Crippen LogP contribution in [0.4, 0.5) is 13.2 Å². The summed E-state index contributed by atoms with van der Waals surface area (Å²) < 4.78 is 47.8. The van der Waals surface area contributed by atoms with Gasteiger partial charge in [-0.2, -0.15) is 13.2 Å². The zero-order valence-electron chi connectivity index (χ0n) is 22.2. The molecule has 1 aliphatic heterocycles. The maximum Gasteiger partial charge on any atom is 0.416 e. The van der Waals surface area contributed by atoms with Crippen molar-refractivity contribution in [3.63, 3.8) is 0 Å². The number of likely N-dealkylation sites (tertiary alicyclic amines) is 1. The Morgan fingerprint density at radius 2 is 1.81 bits per heavy atom. The summed E-state index contributed by atoms with van der Waals surface area (Å²) >= 11 is 0. The number of guanidine groups is 1. The van der Waals surface area contributed by atoms with Crippen LogP contribution in [-0.4, -0.2) is 36.5 Å². The van der Waals surface area contributed by atoms with Gasteiger partial charge in [0.15, 0.2) is 5.96 Å². The van der Waals surface area contributed by atoms with E-state index in [4.69, 9.17) is 15.9 Å². The minimum Gasteiger partial charge on any atom is -0.483 e. The Morgan fingerprint density at radius 3 is 2.35 bits per heavy atom. The summed E-state index contributed by atoms with van der Waals surface area (Å²) in [5, 5.41) is 7.80. The first-order valence-electron chi connectivity index (χ1n) is 12.5. The number of hydrogen-bond donors (Lipinski definition) is 2. The molecule has 37 heavy (non-hydrogen) atoms. The van der Waals surface area contributed by atoms with Crippen LogP contribution in [0.2, 0.25) is 0 Å². The Bertz CT molecular complexity index is 1160. The number of ether oxygens (including phenoxy) is 1. The Morgan fingerprint density at radius 1 is 1.14 bits per heavy atom. The van der Waals surface area contributed by atoms with Gasteiger partial charge in [-0.1, -0.05) is 63.2 Å². The predicted octanol–water partition coefficient (Wildman–Crippen LogP) is 6.55. The van der Waals surface area contributed by atoms with Crippen molar-refractivity contribution in [1.29, 1.82) is 5.41 Å². The van der Waals surface area contributed by atoms with Gasteiger partial charge >= 0.3 is 6.18 Å². The van der Waals surface area contributed by atoms with E-state index in [1.54, 1.807) is 30.0 Å². The van der Waals surface area contributed by atoms with E-state index in [0.29, 0.717) is 36.5 Å². The number of aliphatic imine (C=N–C) groups is 1. The molecule has 1 unspecified atom stereocenters. The van der Waals surface area contributed by atoms with Crippen LogP contribution >= 0.6 is 0 Å². The van der Waals surface area contributed by atoms with Crippen LogP contribution in [0.1, 0.15) is 68.4 Å². The smallest absolute Gasteiger partial charge is 0.416 e. The van der Waals surface area contributed by atoms with Crippen LogP contribution in [0.15, 0.2) is 53.5 Å². The van der Waals surface area contributed by atoms with Gasteiger partial charge in [0.2, 0.25) is 5.90 Å². The molecule has 0 amide bonds. The third-order valence-electron chi connectivity index (χ3n) is 6.77. The van der Waals surface area contributed by atoms with Crippen LogP contribution in [0.25, 0.3) is 5.70 Å². The Kier molecular flexibility index (Phi) is 8.72. The minimum absolute atomic E-state index is 0.0234. The molecule has 0 spiro atoms. The SMILES string of the molecule is C/C=C(\N=C(/OC)C1CCCN1C(=N)N)c1ccc(CCc2ccc(C(C)(C)C)cc2)c(C(F)(F)F)c1. The molecule has 0 radical (unpaired) electrons. The zero-order chi connectivity index (χ0) is 27.4. The highest BCUT2D eigenvalue weighted by Gasteiger charge is 2.34. The van der Waals surface area contributed by atoms with E-state index in [2.05, 4.69) is 25.8 Å². The Labute approximate surface area is 217 Å². The molecule has 2 aromatic carbocycles. The number of halogens is 3. The molecule has 0 aromatic heterocycles. The number of allylic oxidation sites excluding steroid dienone is 1. The number of nitrogens with two attached hydrogens (primary N) is 1. The highest BCUT2D eigenvalue weighted by molar-refractivity contribution is 5.91. The second-order valence-electron chi connectivity index (χ2n) is 10.4. The van der Waals surface area contributed by atoms with Crippen molar-refractivity contribution in [3.8, 4) is 0 Å². The summed E-state index contributed by atoms with van der Waals surface area (Å²) in [4.78, 5) is 6.26. The summed E-state index contributed by atoms with van der Waals surface area (Å²) in [5.74, 6) is 0.253. The lowest BCUT2D eigenvalue weighted by molar-refractivity contribution is -0.138. The van der Waals surface area contributed by atoms with Crippen LogP contribution in [0.5, 0.6) is 0 Å². The molecule has 5 nitrogen and oxygen atoms in total. The molecule has 1 aliphatic rings. The monoisotopic (exact) mass is 514 g/mol. The molecule has 0 bridgehead atoms. The molecule has 0 aliphatic carbocycles. The van der Waals surface area contributed by atoms with Crippen molar-refractivity contribution in [2.75, 3.05) is 13.7 Å². The third kappa shape index (κ3) is 6.93. The Balaban J connectivity index is 1.87. The van der Waals surface area contributed by atoms with Crippen LogP contribution < -0.4 is 5.73 Å². The second kappa shape index (κ2) is 11.4. The maximum atomic E-state index is 14.1. The molecule has 3 rings (SSSR count). The zero-order valence-corrected chi connectivity index (χ0v) is 22.2. The van der Waals surface area contributed by atoms with Crippen LogP contribution in [-0.2, 0) is 29.2 Å². The normalized spacial score (nSPS) is 17.3. The molecule has 3 N–H and O–H groups in total. The number of methoxy groups -OCH3 is 1. The number of nitrogens with zero attached hydrogens (tertiary/aromatic N) is 2. The number of rotatable bonds is 6. The highest BCUT2D eigenvalue weighted by atomic mass is 19.4. The molecule has 1 fully saturated rings. The standard InChI is InChI=1S/C29H37F3N4O/c1-6-24(35-26(37-5)25-8-7-17-36(25)27(33)34)21-14-13-20(23(18-21)29(30,31)32)12-9-19-10-15-22(16-11-19)28(2,3)4/h6,10-11,13-16,18,25H,7-9,12,17H2,1-5H3,(H3,33,34)/b24-6-,35-26-. The van der Waals surface area contributed by atoms with E-state index in [0.717, 1.165) is 12.0 Å². The number of benzene rings is 2. The topological polar surface area (TPSA) is 74.7 Å². The summed E-state index contributed by atoms with van der Waals surface area (Å²) in [7, 11) is 1.47. The average molecular weight is 515 g/mol. The number of nitrogens with one attached hydrogen (secondary N) is 1. The van der Waals surface area contributed by atoms with E-state index >= 15 is 0 Å². The van der Waals surface area contributed by atoms with E-state index in [1.165, 1.54) is 18.7 Å². The fourth-order valence-electron chi connectivity index (χ4n) is 4.65. The van der Waals surface area contributed by atoms with Gasteiger partial charge in [0.25, 0.3) is 0 Å². The van der Waals surface area contributed by atoms with Gasteiger partial charge in [0.05, 0.1) is 18.4 Å². The fraction of sp³-hybridized carbons (Fsp3) is 0.448. The summed E-state index contributed by atoms with van der Waals surface area (Å²) in [5.41, 5.74) is 8.24. The molecular formula is C29H37F3N4O. The van der Waals surface area contributed by atoms with Crippen molar-refractivity contribution >= 4 is 17.6 Å². The quantitative estimate of drug-likeness (QED) is 0.339. The van der Waals surface area contributed by atoms with Crippen molar-refractivity contribution in [1.82, 2.24) is 4.90 Å².